The minimum atomic E-state index is -0.159. The van der Waals surface area contributed by atoms with E-state index in [9.17, 15) is 0 Å². The van der Waals surface area contributed by atoms with Crippen LogP contribution >= 0.6 is 11.6 Å². The van der Waals surface area contributed by atoms with Crippen molar-refractivity contribution in [3.05, 3.63) is 28.8 Å². The number of anilines is 1. The van der Waals surface area contributed by atoms with Crippen molar-refractivity contribution in [2.45, 2.75) is 32.2 Å². The average Bonchev–Trinajstić information content (AvgIpc) is 2.05. The fraction of sp³-hybridized carbons (Fsp3) is 0.455. The van der Waals surface area contributed by atoms with Crippen molar-refractivity contribution in [1.82, 2.24) is 0 Å². The van der Waals surface area contributed by atoms with Crippen molar-refractivity contribution in [2.75, 3.05) is 5.73 Å². The molecular weight excluding hydrogens is 196 g/mol. The van der Waals surface area contributed by atoms with Crippen molar-refractivity contribution < 1.29 is 0 Å². The molecule has 0 radical (unpaired) electrons. The summed E-state index contributed by atoms with van der Waals surface area (Å²) >= 11 is 6.03. The van der Waals surface area contributed by atoms with Gasteiger partial charge in [0.2, 0.25) is 0 Å². The van der Waals surface area contributed by atoms with Gasteiger partial charge in [0.05, 0.1) is 0 Å². The Labute approximate surface area is 90.2 Å². The maximum Gasteiger partial charge on any atom is 0.0439 e. The normalized spacial score (nSPS) is 11.7. The van der Waals surface area contributed by atoms with Gasteiger partial charge in [-0.2, -0.15) is 0 Å². The molecule has 0 saturated carbocycles. The SMILES string of the molecule is CC(C)(N)CCc1cc(N)ccc1Cl. The molecule has 0 saturated heterocycles. The zero-order valence-corrected chi connectivity index (χ0v) is 9.43. The van der Waals surface area contributed by atoms with Gasteiger partial charge in [-0.25, -0.2) is 0 Å². The third kappa shape index (κ3) is 3.56. The van der Waals surface area contributed by atoms with Crippen molar-refractivity contribution in [3.8, 4) is 0 Å². The Hall–Kier alpha value is -0.730. The molecule has 3 heteroatoms. The van der Waals surface area contributed by atoms with Crippen LogP contribution < -0.4 is 11.5 Å². The molecule has 0 spiro atoms. The summed E-state index contributed by atoms with van der Waals surface area (Å²) < 4.78 is 0. The highest BCUT2D eigenvalue weighted by molar-refractivity contribution is 6.31. The van der Waals surface area contributed by atoms with E-state index in [4.69, 9.17) is 23.1 Å². The number of hydrogen-bond acceptors (Lipinski definition) is 2. The van der Waals surface area contributed by atoms with Gasteiger partial charge in [-0.1, -0.05) is 11.6 Å². The Kier molecular flexibility index (Phi) is 3.40. The minimum Gasteiger partial charge on any atom is -0.399 e. The van der Waals surface area contributed by atoms with Gasteiger partial charge in [-0.3, -0.25) is 0 Å². The van der Waals surface area contributed by atoms with E-state index in [1.165, 1.54) is 0 Å². The Morgan fingerprint density at radius 3 is 2.57 bits per heavy atom. The van der Waals surface area contributed by atoms with E-state index in [0.29, 0.717) is 0 Å². The number of halogens is 1. The third-order valence-corrected chi connectivity index (χ3v) is 2.48. The van der Waals surface area contributed by atoms with E-state index in [2.05, 4.69) is 0 Å². The van der Waals surface area contributed by atoms with Crippen LogP contribution in [0.5, 0.6) is 0 Å². The summed E-state index contributed by atoms with van der Waals surface area (Å²) in [5, 5.41) is 0.767. The third-order valence-electron chi connectivity index (χ3n) is 2.11. The van der Waals surface area contributed by atoms with E-state index in [-0.39, 0.29) is 5.54 Å². The fourth-order valence-corrected chi connectivity index (χ4v) is 1.46. The van der Waals surface area contributed by atoms with Crippen LogP contribution in [0.4, 0.5) is 5.69 Å². The summed E-state index contributed by atoms with van der Waals surface area (Å²) in [5.41, 5.74) is 13.2. The summed E-state index contributed by atoms with van der Waals surface area (Å²) in [6.07, 6.45) is 1.77. The van der Waals surface area contributed by atoms with Crippen molar-refractivity contribution in [1.29, 1.82) is 0 Å². The first-order valence-electron chi connectivity index (χ1n) is 4.71. The zero-order chi connectivity index (χ0) is 10.8. The monoisotopic (exact) mass is 212 g/mol. The topological polar surface area (TPSA) is 52.0 Å². The fourth-order valence-electron chi connectivity index (χ4n) is 1.24. The summed E-state index contributed by atoms with van der Waals surface area (Å²) in [7, 11) is 0. The molecule has 0 fully saturated rings. The lowest BCUT2D eigenvalue weighted by Crippen LogP contribution is -2.32. The number of nitrogens with two attached hydrogens (primary N) is 2. The number of aryl methyl sites for hydroxylation is 1. The van der Waals surface area contributed by atoms with Crippen LogP contribution in [-0.4, -0.2) is 5.54 Å². The molecule has 1 aromatic carbocycles. The molecule has 0 aromatic heterocycles. The molecule has 1 rings (SSSR count). The van der Waals surface area contributed by atoms with Crippen molar-refractivity contribution in [3.63, 3.8) is 0 Å². The van der Waals surface area contributed by atoms with Gasteiger partial charge in [0, 0.05) is 16.2 Å². The van der Waals surface area contributed by atoms with Gasteiger partial charge >= 0.3 is 0 Å². The lowest BCUT2D eigenvalue weighted by Gasteiger charge is -2.18. The second kappa shape index (κ2) is 4.20. The van der Waals surface area contributed by atoms with E-state index in [0.717, 1.165) is 29.1 Å². The molecule has 0 unspecified atom stereocenters. The summed E-state index contributed by atoms with van der Waals surface area (Å²) in [4.78, 5) is 0. The largest absolute Gasteiger partial charge is 0.399 e. The minimum absolute atomic E-state index is 0.159. The zero-order valence-electron chi connectivity index (χ0n) is 8.68. The molecule has 0 aliphatic heterocycles. The highest BCUT2D eigenvalue weighted by atomic mass is 35.5. The number of nitrogen functional groups attached to an aromatic ring is 1. The number of benzene rings is 1. The van der Waals surface area contributed by atoms with Crippen LogP contribution in [0.1, 0.15) is 25.8 Å². The van der Waals surface area contributed by atoms with E-state index < -0.39 is 0 Å². The average molecular weight is 213 g/mol. The quantitative estimate of drug-likeness (QED) is 0.757. The number of rotatable bonds is 3. The first-order valence-corrected chi connectivity index (χ1v) is 5.09. The van der Waals surface area contributed by atoms with E-state index >= 15 is 0 Å². The van der Waals surface area contributed by atoms with Gasteiger partial charge in [0.25, 0.3) is 0 Å². The molecule has 0 aliphatic carbocycles. The highest BCUT2D eigenvalue weighted by Gasteiger charge is 2.11. The predicted octanol–water partition coefficient (Wildman–Crippen LogP) is 2.59. The Balaban J connectivity index is 2.72. The summed E-state index contributed by atoms with van der Waals surface area (Å²) in [6.45, 7) is 4.01. The van der Waals surface area contributed by atoms with Crippen molar-refractivity contribution in [2.24, 2.45) is 5.73 Å². The predicted molar refractivity (Wildman–Crippen MR) is 62.5 cm³/mol. The second-order valence-electron chi connectivity index (χ2n) is 4.34. The van der Waals surface area contributed by atoms with Gasteiger partial charge in [-0.15, -0.1) is 0 Å². The Morgan fingerprint density at radius 1 is 1.36 bits per heavy atom. The molecular formula is C11H17ClN2. The molecule has 0 bridgehead atoms. The van der Waals surface area contributed by atoms with Crippen molar-refractivity contribution >= 4 is 17.3 Å². The molecule has 0 heterocycles. The van der Waals surface area contributed by atoms with Crippen LogP contribution in [0, 0.1) is 0 Å². The van der Waals surface area contributed by atoms with Gasteiger partial charge in [-0.05, 0) is 50.5 Å². The van der Waals surface area contributed by atoms with Gasteiger partial charge in [0.15, 0.2) is 0 Å². The van der Waals surface area contributed by atoms with Crippen LogP contribution in [0.2, 0.25) is 5.02 Å². The first kappa shape index (κ1) is 11.3. The molecule has 0 amide bonds. The van der Waals surface area contributed by atoms with Crippen LogP contribution in [-0.2, 0) is 6.42 Å². The molecule has 0 aliphatic rings. The highest BCUT2D eigenvalue weighted by Crippen LogP contribution is 2.21. The molecule has 4 N–H and O–H groups in total. The maximum atomic E-state index is 6.03. The first-order chi connectivity index (χ1) is 6.38. The number of hydrogen-bond donors (Lipinski definition) is 2. The molecule has 14 heavy (non-hydrogen) atoms. The Bertz CT molecular complexity index is 316. The standard InChI is InChI=1S/C11H17ClN2/c1-11(2,14)6-5-8-7-9(13)3-4-10(8)12/h3-4,7H,5-6,13-14H2,1-2H3. The maximum absolute atomic E-state index is 6.03. The Morgan fingerprint density at radius 2 is 2.00 bits per heavy atom. The van der Waals surface area contributed by atoms with E-state index in [1.54, 1.807) is 6.07 Å². The van der Waals surface area contributed by atoms with Crippen LogP contribution in [0.15, 0.2) is 18.2 Å². The van der Waals surface area contributed by atoms with Gasteiger partial charge < -0.3 is 11.5 Å². The van der Waals surface area contributed by atoms with Crippen LogP contribution in [0.3, 0.4) is 0 Å². The lowest BCUT2D eigenvalue weighted by molar-refractivity contribution is 0.477. The molecule has 0 atom stereocenters. The summed E-state index contributed by atoms with van der Waals surface area (Å²) in [5.74, 6) is 0. The van der Waals surface area contributed by atoms with Gasteiger partial charge in [0.1, 0.15) is 0 Å². The second-order valence-corrected chi connectivity index (χ2v) is 4.75. The van der Waals surface area contributed by atoms with E-state index in [1.807, 2.05) is 26.0 Å². The summed E-state index contributed by atoms with van der Waals surface area (Å²) in [6, 6.07) is 5.54. The van der Waals surface area contributed by atoms with Crippen LogP contribution in [0.25, 0.3) is 0 Å². The smallest absolute Gasteiger partial charge is 0.0439 e. The lowest BCUT2D eigenvalue weighted by atomic mass is 9.96. The molecule has 2 nitrogen and oxygen atoms in total. The molecule has 78 valence electrons. The molecule has 1 aromatic rings.